The molecule has 2 nitrogen and oxygen atoms in total. The minimum absolute atomic E-state index is 0.0790. The zero-order chi connectivity index (χ0) is 13.2. The standard InChI is InChI=1S/C13H12Cl2O2S/c14-6-1-7-18(16,17)13-5-3-10-8-12(15)4-2-11(10)9-13/h2-5,8-9H,1,6-7H2. The number of benzene rings is 2. The van der Waals surface area contributed by atoms with Gasteiger partial charge >= 0.3 is 0 Å². The van der Waals surface area contributed by atoms with Crippen molar-refractivity contribution in [3.8, 4) is 0 Å². The van der Waals surface area contributed by atoms with Crippen molar-refractivity contribution in [3.63, 3.8) is 0 Å². The molecule has 0 saturated carbocycles. The molecule has 2 aromatic rings. The van der Waals surface area contributed by atoms with E-state index in [0.29, 0.717) is 22.2 Å². The smallest absolute Gasteiger partial charge is 0.178 e. The van der Waals surface area contributed by atoms with Gasteiger partial charge in [-0.15, -0.1) is 11.6 Å². The van der Waals surface area contributed by atoms with Gasteiger partial charge in [0, 0.05) is 10.9 Å². The molecule has 5 heteroatoms. The average Bonchev–Trinajstić information content (AvgIpc) is 2.35. The van der Waals surface area contributed by atoms with Crippen LogP contribution in [0, 0.1) is 0 Å². The Kier molecular flexibility index (Phi) is 4.15. The van der Waals surface area contributed by atoms with Crippen LogP contribution >= 0.6 is 23.2 Å². The van der Waals surface area contributed by atoms with Gasteiger partial charge in [0.15, 0.2) is 9.84 Å². The fraction of sp³-hybridized carbons (Fsp3) is 0.231. The van der Waals surface area contributed by atoms with Gasteiger partial charge in [0.25, 0.3) is 0 Å². The zero-order valence-corrected chi connectivity index (χ0v) is 11.9. The lowest BCUT2D eigenvalue weighted by Gasteiger charge is -2.05. The fourth-order valence-electron chi connectivity index (χ4n) is 1.75. The maximum Gasteiger partial charge on any atom is 0.178 e. The molecule has 2 rings (SSSR count). The maximum absolute atomic E-state index is 12.0. The van der Waals surface area contributed by atoms with Crippen LogP contribution in [0.3, 0.4) is 0 Å². The van der Waals surface area contributed by atoms with Gasteiger partial charge in [-0.1, -0.05) is 23.7 Å². The Morgan fingerprint density at radius 2 is 1.67 bits per heavy atom. The van der Waals surface area contributed by atoms with Gasteiger partial charge in [0.1, 0.15) is 0 Å². The molecule has 0 atom stereocenters. The molecule has 0 bridgehead atoms. The first-order valence-corrected chi connectivity index (χ1v) is 8.07. The lowest BCUT2D eigenvalue weighted by molar-refractivity contribution is 0.595. The third-order valence-corrected chi connectivity index (χ3v) is 4.98. The third kappa shape index (κ3) is 2.97. The summed E-state index contributed by atoms with van der Waals surface area (Å²) < 4.78 is 24.0. The Bertz CT molecular complexity index is 666. The molecule has 0 spiro atoms. The maximum atomic E-state index is 12.0. The summed E-state index contributed by atoms with van der Waals surface area (Å²) in [5.41, 5.74) is 0. The molecular formula is C13H12Cl2O2S. The monoisotopic (exact) mass is 302 g/mol. The van der Waals surface area contributed by atoms with E-state index in [1.54, 1.807) is 24.3 Å². The van der Waals surface area contributed by atoms with Gasteiger partial charge in [-0.3, -0.25) is 0 Å². The van der Waals surface area contributed by atoms with Gasteiger partial charge < -0.3 is 0 Å². The first-order chi connectivity index (χ1) is 8.53. The van der Waals surface area contributed by atoms with E-state index in [-0.39, 0.29) is 5.75 Å². The zero-order valence-electron chi connectivity index (χ0n) is 9.57. The van der Waals surface area contributed by atoms with Crippen molar-refractivity contribution in [1.29, 1.82) is 0 Å². The molecule has 18 heavy (non-hydrogen) atoms. The van der Waals surface area contributed by atoms with Crippen molar-refractivity contribution < 1.29 is 8.42 Å². The van der Waals surface area contributed by atoms with E-state index in [2.05, 4.69) is 0 Å². The van der Waals surface area contributed by atoms with Crippen molar-refractivity contribution in [2.75, 3.05) is 11.6 Å². The Morgan fingerprint density at radius 3 is 2.39 bits per heavy atom. The summed E-state index contributed by atoms with van der Waals surface area (Å²) in [6.45, 7) is 0. The SMILES string of the molecule is O=S(=O)(CCCCl)c1ccc2cc(Cl)ccc2c1. The predicted molar refractivity (Wildman–Crippen MR) is 76.3 cm³/mol. The van der Waals surface area contributed by atoms with Crippen LogP contribution in [-0.2, 0) is 9.84 Å². The normalized spacial score (nSPS) is 11.9. The van der Waals surface area contributed by atoms with E-state index in [1.807, 2.05) is 12.1 Å². The van der Waals surface area contributed by atoms with Crippen molar-refractivity contribution >= 4 is 43.8 Å². The number of fused-ring (bicyclic) bond motifs is 1. The molecular weight excluding hydrogens is 291 g/mol. The topological polar surface area (TPSA) is 34.1 Å². The van der Waals surface area contributed by atoms with E-state index in [9.17, 15) is 8.42 Å². The fourth-order valence-corrected chi connectivity index (χ4v) is 3.57. The highest BCUT2D eigenvalue weighted by atomic mass is 35.5. The summed E-state index contributed by atoms with van der Waals surface area (Å²) in [4.78, 5) is 0.336. The van der Waals surface area contributed by atoms with Gasteiger partial charge in [0.2, 0.25) is 0 Å². The Morgan fingerprint density at radius 1 is 1.00 bits per heavy atom. The lowest BCUT2D eigenvalue weighted by Crippen LogP contribution is -2.07. The summed E-state index contributed by atoms with van der Waals surface area (Å²) in [5.74, 6) is 0.429. The van der Waals surface area contributed by atoms with Crippen LogP contribution in [0.4, 0.5) is 0 Å². The first-order valence-electron chi connectivity index (χ1n) is 5.51. The van der Waals surface area contributed by atoms with E-state index in [4.69, 9.17) is 23.2 Å². The average molecular weight is 303 g/mol. The predicted octanol–water partition coefficient (Wildman–Crippen LogP) is 3.90. The largest absolute Gasteiger partial charge is 0.224 e. The summed E-state index contributed by atoms with van der Waals surface area (Å²) in [6, 6.07) is 10.4. The van der Waals surface area contributed by atoms with Gasteiger partial charge in [-0.2, -0.15) is 0 Å². The molecule has 0 saturated heterocycles. The van der Waals surface area contributed by atoms with Crippen molar-refractivity contribution in [1.82, 2.24) is 0 Å². The van der Waals surface area contributed by atoms with Gasteiger partial charge in [-0.25, -0.2) is 8.42 Å². The molecule has 0 amide bonds. The minimum Gasteiger partial charge on any atom is -0.224 e. The van der Waals surface area contributed by atoms with Crippen LogP contribution < -0.4 is 0 Å². The second-order valence-electron chi connectivity index (χ2n) is 4.01. The van der Waals surface area contributed by atoms with Crippen LogP contribution in [0.25, 0.3) is 10.8 Å². The van der Waals surface area contributed by atoms with Crippen LogP contribution in [0.5, 0.6) is 0 Å². The Balaban J connectivity index is 2.44. The van der Waals surface area contributed by atoms with Crippen LogP contribution in [0.1, 0.15) is 6.42 Å². The summed E-state index contributed by atoms with van der Waals surface area (Å²) in [5, 5.41) is 2.44. The molecule has 96 valence electrons. The molecule has 0 radical (unpaired) electrons. The molecule has 0 fully saturated rings. The highest BCUT2D eigenvalue weighted by Crippen LogP contribution is 2.23. The number of rotatable bonds is 4. The highest BCUT2D eigenvalue weighted by Gasteiger charge is 2.14. The number of hydrogen-bond donors (Lipinski definition) is 0. The molecule has 2 aromatic carbocycles. The van der Waals surface area contributed by atoms with Gasteiger partial charge in [-0.05, 0) is 41.5 Å². The summed E-state index contributed by atoms with van der Waals surface area (Å²) in [7, 11) is -3.24. The molecule has 0 aliphatic carbocycles. The van der Waals surface area contributed by atoms with Crippen LogP contribution in [0.15, 0.2) is 41.3 Å². The van der Waals surface area contributed by atoms with Crippen molar-refractivity contribution in [3.05, 3.63) is 41.4 Å². The Labute approximate surface area is 116 Å². The summed E-state index contributed by atoms with van der Waals surface area (Å²) >= 11 is 11.4. The Hall–Kier alpha value is -0.770. The number of halogens is 2. The molecule has 0 unspecified atom stereocenters. The van der Waals surface area contributed by atoms with E-state index < -0.39 is 9.84 Å². The second-order valence-corrected chi connectivity index (χ2v) is 6.94. The summed E-state index contributed by atoms with van der Waals surface area (Å²) in [6.07, 6.45) is 0.461. The number of alkyl halides is 1. The lowest BCUT2D eigenvalue weighted by atomic mass is 10.1. The second kappa shape index (κ2) is 5.47. The molecule has 0 aliphatic rings. The van der Waals surface area contributed by atoms with Crippen molar-refractivity contribution in [2.24, 2.45) is 0 Å². The quantitative estimate of drug-likeness (QED) is 0.803. The van der Waals surface area contributed by atoms with Crippen LogP contribution in [-0.4, -0.2) is 20.1 Å². The first kappa shape index (κ1) is 13.7. The molecule has 0 heterocycles. The molecule has 0 aliphatic heterocycles. The minimum atomic E-state index is -3.24. The van der Waals surface area contributed by atoms with Gasteiger partial charge in [0.05, 0.1) is 10.6 Å². The van der Waals surface area contributed by atoms with Crippen molar-refractivity contribution in [2.45, 2.75) is 11.3 Å². The number of hydrogen-bond acceptors (Lipinski definition) is 2. The van der Waals surface area contributed by atoms with E-state index in [0.717, 1.165) is 10.8 Å². The van der Waals surface area contributed by atoms with E-state index >= 15 is 0 Å². The third-order valence-electron chi connectivity index (χ3n) is 2.68. The molecule has 0 N–H and O–H groups in total. The number of sulfone groups is 1. The van der Waals surface area contributed by atoms with Crippen LogP contribution in [0.2, 0.25) is 5.02 Å². The van der Waals surface area contributed by atoms with E-state index in [1.165, 1.54) is 0 Å². The molecule has 0 aromatic heterocycles. The highest BCUT2D eigenvalue weighted by molar-refractivity contribution is 7.91.